The number of carbonyl (C=O) groups excluding carboxylic acids is 1. The lowest BCUT2D eigenvalue weighted by Gasteiger charge is -2.10. The zero-order valence-corrected chi connectivity index (χ0v) is 11.3. The third-order valence-corrected chi connectivity index (χ3v) is 2.90. The maximum absolute atomic E-state index is 12.1. The van der Waals surface area contributed by atoms with Gasteiger partial charge >= 0.3 is 0 Å². The van der Waals surface area contributed by atoms with Crippen LogP contribution >= 0.6 is 0 Å². The predicted molar refractivity (Wildman–Crippen MR) is 78.2 cm³/mol. The van der Waals surface area contributed by atoms with E-state index in [2.05, 4.69) is 5.32 Å². The van der Waals surface area contributed by atoms with E-state index in [0.29, 0.717) is 17.1 Å². The summed E-state index contributed by atoms with van der Waals surface area (Å²) in [4.78, 5) is 12.1. The second-order valence-corrected chi connectivity index (χ2v) is 4.43. The average Bonchev–Trinajstić information content (AvgIpc) is 2.41. The number of benzene rings is 2. The first-order chi connectivity index (χ1) is 9.51. The highest BCUT2D eigenvalue weighted by Crippen LogP contribution is 2.26. The van der Waals surface area contributed by atoms with Gasteiger partial charge in [-0.1, -0.05) is 6.07 Å². The van der Waals surface area contributed by atoms with E-state index in [1.807, 2.05) is 13.0 Å². The molecule has 0 aliphatic rings. The molecule has 5 nitrogen and oxygen atoms in total. The van der Waals surface area contributed by atoms with Crippen molar-refractivity contribution < 1.29 is 14.6 Å². The number of aryl methyl sites for hydroxylation is 1. The van der Waals surface area contributed by atoms with Crippen molar-refractivity contribution in [1.82, 2.24) is 0 Å². The summed E-state index contributed by atoms with van der Waals surface area (Å²) in [6, 6.07) is 9.82. The maximum Gasteiger partial charge on any atom is 0.259 e. The van der Waals surface area contributed by atoms with Crippen molar-refractivity contribution in [2.75, 3.05) is 18.2 Å². The van der Waals surface area contributed by atoms with Crippen molar-refractivity contribution in [2.24, 2.45) is 0 Å². The Balaban J connectivity index is 2.24. The number of aromatic hydroxyl groups is 1. The van der Waals surface area contributed by atoms with Crippen LogP contribution in [0, 0.1) is 6.92 Å². The quantitative estimate of drug-likeness (QED) is 0.750. The molecule has 2 aromatic rings. The van der Waals surface area contributed by atoms with Gasteiger partial charge in [-0.3, -0.25) is 4.79 Å². The standard InChI is InChI=1S/C15H16N2O3/c1-9-3-6-13(12(16)7-9)17-15(19)11-5-4-10(20-2)8-14(11)18/h3-8,18H,16H2,1-2H3,(H,17,19). The van der Waals surface area contributed by atoms with Crippen LogP contribution in [0.4, 0.5) is 11.4 Å². The molecular weight excluding hydrogens is 256 g/mol. The van der Waals surface area contributed by atoms with Crippen LogP contribution in [0.2, 0.25) is 0 Å². The summed E-state index contributed by atoms with van der Waals surface area (Å²) in [6.07, 6.45) is 0. The van der Waals surface area contributed by atoms with Crippen LogP contribution in [0.15, 0.2) is 36.4 Å². The number of methoxy groups -OCH3 is 1. The van der Waals surface area contributed by atoms with Gasteiger partial charge in [0.25, 0.3) is 5.91 Å². The van der Waals surface area contributed by atoms with E-state index < -0.39 is 5.91 Å². The molecule has 104 valence electrons. The van der Waals surface area contributed by atoms with Crippen LogP contribution in [0.25, 0.3) is 0 Å². The summed E-state index contributed by atoms with van der Waals surface area (Å²) in [5.74, 6) is -0.0952. The van der Waals surface area contributed by atoms with E-state index in [4.69, 9.17) is 10.5 Å². The van der Waals surface area contributed by atoms with Gasteiger partial charge in [-0.25, -0.2) is 0 Å². The largest absolute Gasteiger partial charge is 0.507 e. The van der Waals surface area contributed by atoms with Gasteiger partial charge in [0.15, 0.2) is 0 Å². The smallest absolute Gasteiger partial charge is 0.259 e. The van der Waals surface area contributed by atoms with E-state index in [1.165, 1.54) is 19.2 Å². The monoisotopic (exact) mass is 272 g/mol. The molecule has 2 aromatic carbocycles. The number of nitrogen functional groups attached to an aromatic ring is 1. The fourth-order valence-electron chi connectivity index (χ4n) is 1.82. The number of ether oxygens (including phenoxy) is 1. The summed E-state index contributed by atoms with van der Waals surface area (Å²) in [5.41, 5.74) is 7.99. The third kappa shape index (κ3) is 2.83. The lowest BCUT2D eigenvalue weighted by atomic mass is 10.1. The zero-order valence-electron chi connectivity index (χ0n) is 11.3. The fraction of sp³-hybridized carbons (Fsp3) is 0.133. The molecule has 20 heavy (non-hydrogen) atoms. The van der Waals surface area contributed by atoms with E-state index in [1.54, 1.807) is 18.2 Å². The lowest BCUT2D eigenvalue weighted by molar-refractivity contribution is 0.102. The van der Waals surface area contributed by atoms with Gasteiger partial charge in [0.2, 0.25) is 0 Å². The number of rotatable bonds is 3. The molecular formula is C15H16N2O3. The van der Waals surface area contributed by atoms with Crippen LogP contribution in [0.1, 0.15) is 15.9 Å². The van der Waals surface area contributed by atoms with Crippen molar-refractivity contribution in [1.29, 1.82) is 0 Å². The van der Waals surface area contributed by atoms with Crippen LogP contribution in [-0.2, 0) is 0 Å². The first kappa shape index (κ1) is 13.7. The van der Waals surface area contributed by atoms with Crippen LogP contribution < -0.4 is 15.8 Å². The van der Waals surface area contributed by atoms with Gasteiger partial charge in [-0.15, -0.1) is 0 Å². The molecule has 0 saturated carbocycles. The summed E-state index contributed by atoms with van der Waals surface area (Å²) in [6.45, 7) is 1.91. The number of nitrogens with one attached hydrogen (secondary N) is 1. The van der Waals surface area contributed by atoms with Crippen molar-refractivity contribution in [3.05, 3.63) is 47.5 Å². The highest BCUT2D eigenvalue weighted by Gasteiger charge is 2.13. The molecule has 0 heterocycles. The van der Waals surface area contributed by atoms with E-state index >= 15 is 0 Å². The zero-order chi connectivity index (χ0) is 14.7. The molecule has 2 rings (SSSR count). The van der Waals surface area contributed by atoms with Gasteiger partial charge in [0, 0.05) is 6.07 Å². The second-order valence-electron chi connectivity index (χ2n) is 4.43. The van der Waals surface area contributed by atoms with E-state index in [-0.39, 0.29) is 11.3 Å². The number of nitrogens with two attached hydrogens (primary N) is 1. The van der Waals surface area contributed by atoms with Crippen LogP contribution in [-0.4, -0.2) is 18.1 Å². The molecule has 1 amide bonds. The number of hydrogen-bond donors (Lipinski definition) is 3. The summed E-state index contributed by atoms with van der Waals surface area (Å²) in [5, 5.41) is 12.5. The molecule has 0 fully saturated rings. The molecule has 0 atom stereocenters. The van der Waals surface area contributed by atoms with Crippen molar-refractivity contribution in [3.8, 4) is 11.5 Å². The highest BCUT2D eigenvalue weighted by molar-refractivity contribution is 6.07. The number of carbonyl (C=O) groups is 1. The average molecular weight is 272 g/mol. The number of phenolic OH excluding ortho intramolecular Hbond substituents is 1. The molecule has 0 aliphatic carbocycles. The molecule has 0 spiro atoms. The molecule has 0 saturated heterocycles. The molecule has 0 unspecified atom stereocenters. The van der Waals surface area contributed by atoms with Gasteiger partial charge < -0.3 is 20.9 Å². The molecule has 0 radical (unpaired) electrons. The molecule has 0 aliphatic heterocycles. The first-order valence-electron chi connectivity index (χ1n) is 6.05. The van der Waals surface area contributed by atoms with Crippen LogP contribution in [0.5, 0.6) is 11.5 Å². The van der Waals surface area contributed by atoms with Crippen LogP contribution in [0.3, 0.4) is 0 Å². The van der Waals surface area contributed by atoms with Crippen molar-refractivity contribution in [2.45, 2.75) is 6.92 Å². The van der Waals surface area contributed by atoms with E-state index in [9.17, 15) is 9.90 Å². The number of amides is 1. The van der Waals surface area contributed by atoms with Gasteiger partial charge in [0.1, 0.15) is 11.5 Å². The Kier molecular flexibility index (Phi) is 3.79. The third-order valence-electron chi connectivity index (χ3n) is 2.90. The second kappa shape index (κ2) is 5.52. The van der Waals surface area contributed by atoms with Gasteiger partial charge in [0.05, 0.1) is 24.0 Å². The Morgan fingerprint density at radius 1 is 1.25 bits per heavy atom. The fourth-order valence-corrected chi connectivity index (χ4v) is 1.82. The Morgan fingerprint density at radius 3 is 2.60 bits per heavy atom. The topological polar surface area (TPSA) is 84.6 Å². The minimum absolute atomic E-state index is 0.146. The Labute approximate surface area is 117 Å². The minimum Gasteiger partial charge on any atom is -0.507 e. The molecule has 5 heteroatoms. The summed E-state index contributed by atoms with van der Waals surface area (Å²) in [7, 11) is 1.49. The number of phenols is 1. The Bertz CT molecular complexity index is 654. The lowest BCUT2D eigenvalue weighted by Crippen LogP contribution is -2.13. The Hall–Kier alpha value is -2.69. The SMILES string of the molecule is COc1ccc(C(=O)Nc2ccc(C)cc2N)c(O)c1. The normalized spacial score (nSPS) is 10.1. The van der Waals surface area contributed by atoms with E-state index in [0.717, 1.165) is 5.56 Å². The van der Waals surface area contributed by atoms with Gasteiger partial charge in [-0.2, -0.15) is 0 Å². The summed E-state index contributed by atoms with van der Waals surface area (Å²) < 4.78 is 4.97. The molecule has 0 bridgehead atoms. The minimum atomic E-state index is -0.430. The number of anilines is 2. The van der Waals surface area contributed by atoms with Gasteiger partial charge in [-0.05, 0) is 36.8 Å². The highest BCUT2D eigenvalue weighted by atomic mass is 16.5. The predicted octanol–water partition coefficient (Wildman–Crippen LogP) is 2.54. The van der Waals surface area contributed by atoms with Crippen molar-refractivity contribution >= 4 is 17.3 Å². The summed E-state index contributed by atoms with van der Waals surface area (Å²) >= 11 is 0. The Morgan fingerprint density at radius 2 is 2.00 bits per heavy atom. The maximum atomic E-state index is 12.1. The van der Waals surface area contributed by atoms with Crippen molar-refractivity contribution in [3.63, 3.8) is 0 Å². The molecule has 0 aromatic heterocycles. The first-order valence-corrected chi connectivity index (χ1v) is 6.05. The molecule has 4 N–H and O–H groups in total. The number of hydrogen-bond acceptors (Lipinski definition) is 4.